The molecule has 0 saturated carbocycles. The van der Waals surface area contributed by atoms with Gasteiger partial charge in [0.1, 0.15) is 27.2 Å². The Morgan fingerprint density at radius 2 is 0.946 bits per heavy atom. The molecule has 0 aliphatic rings. The van der Waals surface area contributed by atoms with Gasteiger partial charge in [0.25, 0.3) is 0 Å². The van der Waals surface area contributed by atoms with Crippen LogP contribution in [0.2, 0.25) is 33.2 Å². The van der Waals surface area contributed by atoms with Gasteiger partial charge in [0.15, 0.2) is 0 Å². The molecule has 3 heterocycles. The zero-order valence-corrected chi connectivity index (χ0v) is 37.2. The smallest absolute Gasteiger partial charge is 0.146 e. The van der Waals surface area contributed by atoms with Crippen molar-refractivity contribution in [2.24, 2.45) is 0 Å². The summed E-state index contributed by atoms with van der Waals surface area (Å²) in [5.41, 5.74) is 18.0. The molecule has 0 bridgehead atoms. The number of pyridine rings is 2. The van der Waals surface area contributed by atoms with E-state index in [0.29, 0.717) is 33.2 Å². The standard InChI is InChI=1S/C50H54N4Si2/c1-29(2)55(30(3)4,31(5)6)25-21-39-46-41(38-17-13-15-35-18-19-36-20-24-52-50(46)45(36)44(35)38)28-43-48(39)53-42-27-37-16-14-23-51-47(37)40(49(42)54-43)22-26-56(32(7)8,33(9)10)34(11)12/h13-20,23-24,27-34H,1-12H3. The molecule has 56 heavy (non-hydrogen) atoms. The second kappa shape index (κ2) is 13.9. The minimum atomic E-state index is -2.13. The molecule has 5 aromatic carbocycles. The molecule has 0 unspecified atom stereocenters. The third-order valence-electron chi connectivity index (χ3n) is 13.4. The van der Waals surface area contributed by atoms with Crippen LogP contribution in [0.1, 0.15) is 94.2 Å². The lowest BCUT2D eigenvalue weighted by Gasteiger charge is -2.38. The fourth-order valence-electron chi connectivity index (χ4n) is 10.9. The van der Waals surface area contributed by atoms with Crippen molar-refractivity contribution in [1.82, 2.24) is 19.9 Å². The summed E-state index contributed by atoms with van der Waals surface area (Å²) in [5, 5.41) is 9.21. The minimum Gasteiger partial charge on any atom is -0.255 e. The molecule has 0 atom stereocenters. The van der Waals surface area contributed by atoms with E-state index in [1.54, 1.807) is 0 Å². The van der Waals surface area contributed by atoms with Gasteiger partial charge in [-0.3, -0.25) is 9.97 Å². The van der Waals surface area contributed by atoms with Crippen LogP contribution in [0.15, 0.2) is 73.1 Å². The summed E-state index contributed by atoms with van der Waals surface area (Å²) in [7, 11) is -4.20. The number of nitrogens with zero attached hydrogens (tertiary/aromatic N) is 4. The van der Waals surface area contributed by atoms with Gasteiger partial charge in [-0.15, -0.1) is 11.1 Å². The van der Waals surface area contributed by atoms with Crippen molar-refractivity contribution in [1.29, 1.82) is 0 Å². The van der Waals surface area contributed by atoms with Gasteiger partial charge >= 0.3 is 0 Å². The first-order chi connectivity index (χ1) is 26.7. The van der Waals surface area contributed by atoms with E-state index in [2.05, 4.69) is 161 Å². The van der Waals surface area contributed by atoms with Gasteiger partial charge in [-0.1, -0.05) is 131 Å². The highest BCUT2D eigenvalue weighted by Crippen LogP contribution is 2.45. The molecule has 0 amide bonds. The van der Waals surface area contributed by atoms with Crippen LogP contribution in [-0.2, 0) is 0 Å². The number of hydrogen-bond acceptors (Lipinski definition) is 4. The highest BCUT2D eigenvalue weighted by Gasteiger charge is 2.43. The number of rotatable bonds is 6. The maximum absolute atomic E-state index is 5.59. The summed E-state index contributed by atoms with van der Waals surface area (Å²) in [4.78, 5) is 21.3. The third-order valence-corrected chi connectivity index (χ3v) is 26.0. The Hall–Kier alpha value is -4.89. The number of aromatic nitrogens is 4. The van der Waals surface area contributed by atoms with Crippen LogP contribution < -0.4 is 0 Å². The van der Waals surface area contributed by atoms with Crippen molar-refractivity contribution >= 4 is 92.3 Å². The molecule has 8 aromatic rings. The second-order valence-corrected chi connectivity index (χ2v) is 29.1. The first kappa shape index (κ1) is 38.0. The average molecular weight is 767 g/mol. The monoisotopic (exact) mass is 766 g/mol. The van der Waals surface area contributed by atoms with Crippen molar-refractivity contribution in [3.05, 3.63) is 84.2 Å². The molecule has 0 aliphatic heterocycles. The van der Waals surface area contributed by atoms with Crippen molar-refractivity contribution in [3.8, 4) is 22.9 Å². The Labute approximate surface area is 334 Å². The molecule has 0 radical (unpaired) electrons. The molecule has 4 nitrogen and oxygen atoms in total. The van der Waals surface area contributed by atoms with E-state index < -0.39 is 16.1 Å². The predicted molar refractivity (Wildman–Crippen MR) is 247 cm³/mol. The van der Waals surface area contributed by atoms with E-state index in [1.807, 2.05) is 18.5 Å². The molecule has 6 heteroatoms. The summed E-state index contributed by atoms with van der Waals surface area (Å²) < 4.78 is 0. The summed E-state index contributed by atoms with van der Waals surface area (Å²) in [6.07, 6.45) is 3.82. The predicted octanol–water partition coefficient (Wildman–Crippen LogP) is 13.9. The number of benzene rings is 5. The molecule has 282 valence electrons. The Balaban J connectivity index is 1.58. The van der Waals surface area contributed by atoms with Gasteiger partial charge in [0, 0.05) is 28.6 Å². The molecule has 0 saturated heterocycles. The van der Waals surface area contributed by atoms with Crippen molar-refractivity contribution in [2.75, 3.05) is 0 Å². The van der Waals surface area contributed by atoms with E-state index >= 15 is 0 Å². The van der Waals surface area contributed by atoms with E-state index in [4.69, 9.17) is 19.9 Å². The van der Waals surface area contributed by atoms with Crippen molar-refractivity contribution < 1.29 is 0 Å². The van der Waals surface area contributed by atoms with Crippen LogP contribution in [0.3, 0.4) is 0 Å². The van der Waals surface area contributed by atoms with Gasteiger partial charge in [-0.2, -0.15) is 0 Å². The van der Waals surface area contributed by atoms with Crippen molar-refractivity contribution in [3.63, 3.8) is 0 Å². The maximum Gasteiger partial charge on any atom is 0.146 e. The maximum atomic E-state index is 5.59. The molecular weight excluding hydrogens is 713 g/mol. The van der Waals surface area contributed by atoms with Crippen LogP contribution >= 0.6 is 0 Å². The van der Waals surface area contributed by atoms with Gasteiger partial charge in [-0.25, -0.2) is 9.97 Å². The molecule has 8 rings (SSSR count). The second-order valence-electron chi connectivity index (χ2n) is 18.0. The van der Waals surface area contributed by atoms with Gasteiger partial charge in [0.2, 0.25) is 0 Å². The van der Waals surface area contributed by atoms with Crippen molar-refractivity contribution in [2.45, 2.75) is 116 Å². The Morgan fingerprint density at radius 3 is 1.55 bits per heavy atom. The summed E-state index contributed by atoms with van der Waals surface area (Å²) in [5.74, 6) is 7.74. The molecular formula is C50H54N4Si2. The Kier molecular flexibility index (Phi) is 9.46. The van der Waals surface area contributed by atoms with Crippen LogP contribution in [0.25, 0.3) is 76.2 Å². The first-order valence-electron chi connectivity index (χ1n) is 20.7. The van der Waals surface area contributed by atoms with Crippen LogP contribution in [0.5, 0.6) is 0 Å². The zero-order chi connectivity index (χ0) is 39.8. The highest BCUT2D eigenvalue weighted by molar-refractivity contribution is 6.91. The molecule has 0 spiro atoms. The molecule has 0 N–H and O–H groups in total. The lowest BCUT2D eigenvalue weighted by atomic mass is 9.89. The summed E-state index contributed by atoms with van der Waals surface area (Å²) in [6.45, 7) is 28.5. The lowest BCUT2D eigenvalue weighted by Crippen LogP contribution is -2.43. The third kappa shape index (κ3) is 5.55. The van der Waals surface area contributed by atoms with Crippen LogP contribution in [0, 0.1) is 22.9 Å². The summed E-state index contributed by atoms with van der Waals surface area (Å²) in [6, 6.07) is 21.7. The first-order valence-corrected chi connectivity index (χ1v) is 25.1. The van der Waals surface area contributed by atoms with Crippen LogP contribution in [-0.4, -0.2) is 36.1 Å². The normalized spacial score (nSPS) is 13.0. The SMILES string of the molecule is CC(C)[Si](C#Cc1c2ncccc2cc2nc3c(C#C[Si](C(C)C)(C(C)C)C(C)C)c4c(cc3nc12)c1cccc2ccc3ccnc4c3c21)(C(C)C)C(C)C. The fourth-order valence-corrected chi connectivity index (χ4v) is 21.3. The zero-order valence-electron chi connectivity index (χ0n) is 35.2. The van der Waals surface area contributed by atoms with E-state index in [9.17, 15) is 0 Å². The Morgan fingerprint density at radius 1 is 0.429 bits per heavy atom. The van der Waals surface area contributed by atoms with Gasteiger partial charge in [0.05, 0.1) is 33.2 Å². The minimum absolute atomic E-state index is 0.488. The molecule has 0 fully saturated rings. The van der Waals surface area contributed by atoms with E-state index in [-0.39, 0.29) is 0 Å². The van der Waals surface area contributed by atoms with E-state index in [1.165, 1.54) is 26.9 Å². The average Bonchev–Trinajstić information content (AvgIpc) is 3.15. The largest absolute Gasteiger partial charge is 0.255 e. The summed E-state index contributed by atoms with van der Waals surface area (Å²) >= 11 is 0. The quantitative estimate of drug-likeness (QED) is 0.0732. The number of hydrogen-bond donors (Lipinski definition) is 0. The highest BCUT2D eigenvalue weighted by atomic mass is 28.3. The molecule has 0 aliphatic carbocycles. The lowest BCUT2D eigenvalue weighted by molar-refractivity contribution is 0.838. The van der Waals surface area contributed by atoms with E-state index in [0.717, 1.165) is 60.4 Å². The number of fused-ring (bicyclic) bond motifs is 6. The topological polar surface area (TPSA) is 51.6 Å². The Bertz CT molecular complexity index is 2930. The van der Waals surface area contributed by atoms with Crippen LogP contribution in [0.4, 0.5) is 0 Å². The van der Waals surface area contributed by atoms with Gasteiger partial charge in [-0.05, 0) is 84.4 Å². The fraction of sp³-hybridized carbons (Fsp3) is 0.360. The van der Waals surface area contributed by atoms with Gasteiger partial charge < -0.3 is 0 Å². The molecule has 3 aromatic heterocycles.